The van der Waals surface area contributed by atoms with E-state index in [4.69, 9.17) is 4.74 Å². The fourth-order valence-electron chi connectivity index (χ4n) is 2.37. The second-order valence-electron chi connectivity index (χ2n) is 5.60. The number of hydrogen-bond acceptors (Lipinski definition) is 3. The molecule has 23 heavy (non-hydrogen) atoms. The molecule has 4 nitrogen and oxygen atoms in total. The van der Waals surface area contributed by atoms with Crippen LogP contribution in [-0.2, 0) is 9.53 Å². The lowest BCUT2D eigenvalue weighted by atomic mass is 10.1. The van der Waals surface area contributed by atoms with E-state index in [0.717, 1.165) is 16.8 Å². The first-order valence-corrected chi connectivity index (χ1v) is 7.51. The lowest BCUT2D eigenvalue weighted by Gasteiger charge is -2.21. The Labute approximate surface area is 136 Å². The van der Waals surface area contributed by atoms with E-state index in [1.807, 2.05) is 56.3 Å². The highest BCUT2D eigenvalue weighted by atomic mass is 16.5. The lowest BCUT2D eigenvalue weighted by Crippen LogP contribution is -2.37. The van der Waals surface area contributed by atoms with Crippen molar-refractivity contribution in [3.05, 3.63) is 65.2 Å². The molecule has 0 aliphatic carbocycles. The molecule has 0 saturated carbocycles. The summed E-state index contributed by atoms with van der Waals surface area (Å²) in [4.78, 5) is 26.1. The maximum Gasteiger partial charge on any atom is 0.339 e. The van der Waals surface area contributed by atoms with E-state index < -0.39 is 12.1 Å². The fraction of sp³-hybridized carbons (Fsp3) is 0.263. The summed E-state index contributed by atoms with van der Waals surface area (Å²) in [5.41, 5.74) is 3.16. The lowest BCUT2D eigenvalue weighted by molar-refractivity contribution is -0.126. The number of rotatable bonds is 4. The summed E-state index contributed by atoms with van der Waals surface area (Å²) in [6, 6.07) is 14.7. The zero-order valence-electron chi connectivity index (χ0n) is 13.9. The molecule has 120 valence electrons. The van der Waals surface area contributed by atoms with Crippen molar-refractivity contribution in [2.24, 2.45) is 0 Å². The quantitative estimate of drug-likeness (QED) is 0.812. The molecule has 2 aromatic rings. The minimum atomic E-state index is -0.853. The number of esters is 1. The highest BCUT2D eigenvalue weighted by molar-refractivity contribution is 5.99. The maximum absolute atomic E-state index is 12.4. The van der Waals surface area contributed by atoms with Gasteiger partial charge in [0, 0.05) is 12.7 Å². The SMILES string of the molecule is Cc1ccc(C(=O)O[C@@H](C)C(=O)N(C)c2ccccc2)c(C)c1. The number of para-hydroxylation sites is 1. The van der Waals surface area contributed by atoms with Crippen molar-refractivity contribution >= 4 is 17.6 Å². The number of benzene rings is 2. The normalized spacial score (nSPS) is 11.7. The Morgan fingerprint density at radius 3 is 2.30 bits per heavy atom. The molecular formula is C19H21NO3. The van der Waals surface area contributed by atoms with Gasteiger partial charge in [-0.05, 0) is 44.5 Å². The molecule has 0 aliphatic heterocycles. The van der Waals surface area contributed by atoms with E-state index in [0.29, 0.717) is 5.56 Å². The van der Waals surface area contributed by atoms with Crippen molar-refractivity contribution in [2.45, 2.75) is 26.9 Å². The van der Waals surface area contributed by atoms with Crippen LogP contribution in [0.5, 0.6) is 0 Å². The van der Waals surface area contributed by atoms with E-state index in [2.05, 4.69) is 0 Å². The van der Waals surface area contributed by atoms with Gasteiger partial charge >= 0.3 is 5.97 Å². The summed E-state index contributed by atoms with van der Waals surface area (Å²) in [6.45, 7) is 5.40. The number of hydrogen-bond donors (Lipinski definition) is 0. The molecule has 4 heteroatoms. The van der Waals surface area contributed by atoms with Crippen LogP contribution in [0, 0.1) is 13.8 Å². The molecule has 0 unspecified atom stereocenters. The molecule has 0 heterocycles. The molecule has 1 atom stereocenters. The van der Waals surface area contributed by atoms with Gasteiger partial charge in [0.05, 0.1) is 5.56 Å². The van der Waals surface area contributed by atoms with Gasteiger partial charge in [0.1, 0.15) is 0 Å². The Balaban J connectivity index is 2.07. The van der Waals surface area contributed by atoms with Gasteiger partial charge in [-0.2, -0.15) is 0 Å². The predicted molar refractivity (Wildman–Crippen MR) is 90.6 cm³/mol. The molecule has 0 spiro atoms. The number of carbonyl (C=O) groups is 2. The third kappa shape index (κ3) is 3.97. The van der Waals surface area contributed by atoms with Gasteiger partial charge in [0.15, 0.2) is 6.10 Å². The Morgan fingerprint density at radius 1 is 1.04 bits per heavy atom. The standard InChI is InChI=1S/C19H21NO3/c1-13-10-11-17(14(2)12-13)19(22)23-15(3)18(21)20(4)16-8-6-5-7-9-16/h5-12,15H,1-4H3/t15-/m0/s1. The first-order valence-electron chi connectivity index (χ1n) is 7.51. The Morgan fingerprint density at radius 2 is 1.70 bits per heavy atom. The second-order valence-corrected chi connectivity index (χ2v) is 5.60. The number of carbonyl (C=O) groups excluding carboxylic acids is 2. The summed E-state index contributed by atoms with van der Waals surface area (Å²) < 4.78 is 5.33. The summed E-state index contributed by atoms with van der Waals surface area (Å²) in [7, 11) is 1.67. The van der Waals surface area contributed by atoms with Gasteiger partial charge in [-0.25, -0.2) is 4.79 Å². The highest BCUT2D eigenvalue weighted by Gasteiger charge is 2.23. The van der Waals surface area contributed by atoms with Crippen molar-refractivity contribution < 1.29 is 14.3 Å². The van der Waals surface area contributed by atoms with E-state index in [1.54, 1.807) is 20.0 Å². The zero-order valence-corrected chi connectivity index (χ0v) is 13.9. The van der Waals surface area contributed by atoms with Crippen LogP contribution >= 0.6 is 0 Å². The van der Waals surface area contributed by atoms with Gasteiger partial charge in [-0.1, -0.05) is 35.9 Å². The molecule has 0 bridgehead atoms. The number of anilines is 1. The molecule has 2 rings (SSSR count). The molecule has 2 aromatic carbocycles. The minimum Gasteiger partial charge on any atom is -0.449 e. The van der Waals surface area contributed by atoms with Crippen LogP contribution in [0.15, 0.2) is 48.5 Å². The van der Waals surface area contributed by atoms with Gasteiger partial charge in [0.25, 0.3) is 5.91 Å². The fourth-order valence-corrected chi connectivity index (χ4v) is 2.37. The summed E-state index contributed by atoms with van der Waals surface area (Å²) in [5, 5.41) is 0. The average Bonchev–Trinajstić information content (AvgIpc) is 2.54. The average molecular weight is 311 g/mol. The largest absolute Gasteiger partial charge is 0.449 e. The van der Waals surface area contributed by atoms with E-state index in [-0.39, 0.29) is 5.91 Å². The third-order valence-electron chi connectivity index (χ3n) is 3.71. The molecular weight excluding hydrogens is 290 g/mol. The topological polar surface area (TPSA) is 46.6 Å². The Kier molecular flexibility index (Phi) is 5.16. The smallest absolute Gasteiger partial charge is 0.339 e. The zero-order chi connectivity index (χ0) is 17.0. The monoisotopic (exact) mass is 311 g/mol. The summed E-state index contributed by atoms with van der Waals surface area (Å²) in [5.74, 6) is -0.751. The molecule has 0 aliphatic rings. The van der Waals surface area contributed by atoms with Gasteiger partial charge in [-0.3, -0.25) is 4.79 Å². The van der Waals surface area contributed by atoms with Gasteiger partial charge < -0.3 is 9.64 Å². The summed E-state index contributed by atoms with van der Waals surface area (Å²) in [6.07, 6.45) is -0.853. The molecule has 0 N–H and O–H groups in total. The molecule has 0 aromatic heterocycles. The van der Waals surface area contributed by atoms with Crippen LogP contribution in [0.25, 0.3) is 0 Å². The van der Waals surface area contributed by atoms with Crippen LogP contribution in [-0.4, -0.2) is 25.0 Å². The van der Waals surface area contributed by atoms with E-state index in [9.17, 15) is 9.59 Å². The number of amides is 1. The van der Waals surface area contributed by atoms with Crippen molar-refractivity contribution in [1.29, 1.82) is 0 Å². The molecule has 0 fully saturated rings. The van der Waals surface area contributed by atoms with Crippen LogP contribution in [0.4, 0.5) is 5.69 Å². The minimum absolute atomic E-state index is 0.269. The van der Waals surface area contributed by atoms with Crippen LogP contribution < -0.4 is 4.90 Å². The van der Waals surface area contributed by atoms with Gasteiger partial charge in [-0.15, -0.1) is 0 Å². The van der Waals surface area contributed by atoms with Crippen molar-refractivity contribution in [3.8, 4) is 0 Å². The molecule has 0 radical (unpaired) electrons. The summed E-state index contributed by atoms with van der Waals surface area (Å²) >= 11 is 0. The van der Waals surface area contributed by atoms with Crippen molar-refractivity contribution in [3.63, 3.8) is 0 Å². The first kappa shape index (κ1) is 16.7. The second kappa shape index (κ2) is 7.09. The van der Waals surface area contributed by atoms with Crippen molar-refractivity contribution in [1.82, 2.24) is 0 Å². The Bertz CT molecular complexity index is 710. The number of nitrogens with zero attached hydrogens (tertiary/aromatic N) is 1. The van der Waals surface area contributed by atoms with E-state index in [1.165, 1.54) is 4.90 Å². The van der Waals surface area contributed by atoms with E-state index >= 15 is 0 Å². The van der Waals surface area contributed by atoms with Gasteiger partial charge in [0.2, 0.25) is 0 Å². The van der Waals surface area contributed by atoms with Crippen LogP contribution in [0.1, 0.15) is 28.4 Å². The highest BCUT2D eigenvalue weighted by Crippen LogP contribution is 2.16. The van der Waals surface area contributed by atoms with Crippen molar-refractivity contribution in [2.75, 3.05) is 11.9 Å². The predicted octanol–water partition coefficient (Wildman–Crippen LogP) is 3.51. The van der Waals surface area contributed by atoms with Crippen LogP contribution in [0.2, 0.25) is 0 Å². The number of aryl methyl sites for hydroxylation is 2. The third-order valence-corrected chi connectivity index (χ3v) is 3.71. The molecule has 0 saturated heterocycles. The Hall–Kier alpha value is -2.62. The maximum atomic E-state index is 12.4. The first-order chi connectivity index (χ1) is 10.9. The number of ether oxygens (including phenoxy) is 1. The molecule has 1 amide bonds. The van der Waals surface area contributed by atoms with Crippen LogP contribution in [0.3, 0.4) is 0 Å². The number of likely N-dealkylation sites (N-methyl/N-ethyl adjacent to an activating group) is 1.